The lowest BCUT2D eigenvalue weighted by molar-refractivity contribution is -0.123. The highest BCUT2D eigenvalue weighted by Gasteiger charge is 2.31. The van der Waals surface area contributed by atoms with Gasteiger partial charge in [-0.3, -0.25) is 30.1 Å². The molecule has 10 heteroatoms. The van der Waals surface area contributed by atoms with E-state index >= 15 is 0 Å². The van der Waals surface area contributed by atoms with Crippen LogP contribution in [-0.2, 0) is 9.59 Å². The van der Waals surface area contributed by atoms with Gasteiger partial charge in [-0.05, 0) is 54.8 Å². The van der Waals surface area contributed by atoms with Crippen LogP contribution in [0.25, 0.3) is 6.08 Å². The second kappa shape index (κ2) is 11.8. The van der Waals surface area contributed by atoms with Gasteiger partial charge in [0, 0.05) is 23.6 Å². The topological polar surface area (TPSA) is 98.7 Å². The number of thiocarbonyl (C=S) groups is 1. The van der Waals surface area contributed by atoms with Crippen LogP contribution in [0.5, 0.6) is 5.75 Å². The summed E-state index contributed by atoms with van der Waals surface area (Å²) in [4.78, 5) is 38.7. The molecule has 172 valence electrons. The molecule has 0 bridgehead atoms. The molecule has 1 saturated heterocycles. The van der Waals surface area contributed by atoms with Gasteiger partial charge in [-0.15, -0.1) is 0 Å². The van der Waals surface area contributed by atoms with Crippen LogP contribution in [0.15, 0.2) is 53.4 Å². The summed E-state index contributed by atoms with van der Waals surface area (Å²) in [5.41, 5.74) is 5.79. The van der Waals surface area contributed by atoms with Crippen molar-refractivity contribution < 1.29 is 19.5 Å². The van der Waals surface area contributed by atoms with Gasteiger partial charge in [0.15, 0.2) is 0 Å². The van der Waals surface area contributed by atoms with Crippen LogP contribution in [0.2, 0.25) is 5.02 Å². The highest BCUT2D eigenvalue weighted by Crippen LogP contribution is 2.33. The first-order valence-corrected chi connectivity index (χ1v) is 11.8. The van der Waals surface area contributed by atoms with Crippen LogP contribution in [0, 0.1) is 0 Å². The highest BCUT2D eigenvalue weighted by molar-refractivity contribution is 8.26. The number of phenolic OH excluding ortho intramolecular Hbond substituents is 1. The Bertz CT molecular complexity index is 1090. The lowest BCUT2D eigenvalue weighted by Gasteiger charge is -2.14. The lowest BCUT2D eigenvalue weighted by Crippen LogP contribution is -2.41. The van der Waals surface area contributed by atoms with E-state index in [0.717, 1.165) is 12.0 Å². The Hall–Kier alpha value is -2.88. The average Bonchev–Trinajstić information content (AvgIpc) is 3.06. The Morgan fingerprint density at radius 1 is 1.09 bits per heavy atom. The van der Waals surface area contributed by atoms with Crippen LogP contribution in [0.1, 0.15) is 41.6 Å². The van der Waals surface area contributed by atoms with E-state index in [0.29, 0.717) is 33.6 Å². The first-order valence-electron chi connectivity index (χ1n) is 10.2. The van der Waals surface area contributed by atoms with Crippen molar-refractivity contribution in [2.45, 2.75) is 25.7 Å². The molecule has 1 fully saturated rings. The molecule has 1 heterocycles. The molecule has 3 N–H and O–H groups in total. The number of unbranched alkanes of at least 4 members (excludes halogenated alkanes) is 2. The number of aromatic hydroxyl groups is 1. The molecule has 3 rings (SSSR count). The van der Waals surface area contributed by atoms with E-state index in [2.05, 4.69) is 10.9 Å². The molecular formula is C23H22ClN3O4S2. The van der Waals surface area contributed by atoms with E-state index in [1.54, 1.807) is 23.1 Å². The van der Waals surface area contributed by atoms with E-state index < -0.39 is 5.91 Å². The van der Waals surface area contributed by atoms with Gasteiger partial charge in [-0.25, -0.2) is 0 Å². The second-order valence-corrected chi connectivity index (χ2v) is 9.36. The molecular weight excluding hydrogens is 482 g/mol. The van der Waals surface area contributed by atoms with Crippen LogP contribution in [0.3, 0.4) is 0 Å². The molecule has 0 saturated carbocycles. The zero-order chi connectivity index (χ0) is 23.8. The summed E-state index contributed by atoms with van der Waals surface area (Å²) in [5, 5.41) is 10.0. The SMILES string of the molecule is O=C(CCCCCN1C(=O)C(=Cc2ccc(Cl)cc2)SC1=S)NNC(=O)c1cccc(O)c1. The molecule has 2 aromatic rings. The van der Waals surface area contributed by atoms with Crippen LogP contribution < -0.4 is 10.9 Å². The standard InChI is InChI=1S/C23H22ClN3O4S2/c24-17-10-8-15(9-11-17)13-19-22(31)27(23(32)33-19)12-3-1-2-7-20(29)25-26-21(30)16-5-4-6-18(28)14-16/h4-6,8-11,13-14,28H,1-3,7,12H2,(H,25,29)(H,26,30). The zero-order valence-electron chi connectivity index (χ0n) is 17.5. The fourth-order valence-electron chi connectivity index (χ4n) is 3.04. The van der Waals surface area contributed by atoms with Crippen molar-refractivity contribution in [3.8, 4) is 5.75 Å². The Balaban J connectivity index is 1.36. The lowest BCUT2D eigenvalue weighted by atomic mass is 10.2. The highest BCUT2D eigenvalue weighted by atomic mass is 35.5. The summed E-state index contributed by atoms with van der Waals surface area (Å²) in [5.74, 6) is -0.983. The fourth-order valence-corrected chi connectivity index (χ4v) is 4.48. The molecule has 0 unspecified atom stereocenters. The Labute approximate surface area is 206 Å². The summed E-state index contributed by atoms with van der Waals surface area (Å²) in [6.07, 6.45) is 4.05. The summed E-state index contributed by atoms with van der Waals surface area (Å²) in [6, 6.07) is 13.0. The van der Waals surface area contributed by atoms with Crippen molar-refractivity contribution in [3.05, 3.63) is 69.6 Å². The molecule has 1 aliphatic heterocycles. The van der Waals surface area contributed by atoms with Gasteiger partial charge in [0.05, 0.1) is 4.91 Å². The number of halogens is 1. The third-order valence-corrected chi connectivity index (χ3v) is 6.38. The maximum Gasteiger partial charge on any atom is 0.269 e. The van der Waals surface area contributed by atoms with Crippen molar-refractivity contribution >= 4 is 63.7 Å². The van der Waals surface area contributed by atoms with Crippen molar-refractivity contribution in [2.75, 3.05) is 6.54 Å². The van der Waals surface area contributed by atoms with E-state index in [4.69, 9.17) is 23.8 Å². The number of hydrazine groups is 1. The predicted octanol–water partition coefficient (Wildman–Crippen LogP) is 4.27. The minimum atomic E-state index is -0.514. The van der Waals surface area contributed by atoms with Gasteiger partial charge in [-0.1, -0.05) is 60.2 Å². The van der Waals surface area contributed by atoms with Crippen LogP contribution >= 0.6 is 35.6 Å². The average molecular weight is 504 g/mol. The third kappa shape index (κ3) is 7.31. The number of thioether (sulfide) groups is 1. The smallest absolute Gasteiger partial charge is 0.269 e. The number of rotatable bonds is 8. The van der Waals surface area contributed by atoms with Gasteiger partial charge in [0.25, 0.3) is 11.8 Å². The molecule has 2 aromatic carbocycles. The first-order chi connectivity index (χ1) is 15.8. The number of hydrogen-bond acceptors (Lipinski definition) is 6. The number of phenols is 1. The van der Waals surface area contributed by atoms with Crippen molar-refractivity contribution in [3.63, 3.8) is 0 Å². The number of amides is 3. The second-order valence-electron chi connectivity index (χ2n) is 7.25. The van der Waals surface area contributed by atoms with Crippen LogP contribution in [0.4, 0.5) is 0 Å². The van der Waals surface area contributed by atoms with E-state index in [9.17, 15) is 19.5 Å². The quantitative estimate of drug-likeness (QED) is 0.215. The number of hydrogen-bond donors (Lipinski definition) is 3. The Morgan fingerprint density at radius 3 is 2.58 bits per heavy atom. The molecule has 33 heavy (non-hydrogen) atoms. The minimum Gasteiger partial charge on any atom is -0.508 e. The maximum absolute atomic E-state index is 12.6. The summed E-state index contributed by atoms with van der Waals surface area (Å²) in [6.45, 7) is 0.485. The van der Waals surface area contributed by atoms with Gasteiger partial charge in [-0.2, -0.15) is 0 Å². The minimum absolute atomic E-state index is 0.0315. The normalized spacial score (nSPS) is 14.6. The number of benzene rings is 2. The molecule has 1 aliphatic rings. The third-order valence-electron chi connectivity index (χ3n) is 4.75. The van der Waals surface area contributed by atoms with Crippen molar-refractivity contribution in [2.24, 2.45) is 0 Å². The molecule has 7 nitrogen and oxygen atoms in total. The molecule has 3 amide bonds. The maximum atomic E-state index is 12.6. The number of nitrogens with zero attached hydrogens (tertiary/aromatic N) is 1. The molecule has 0 aromatic heterocycles. The largest absolute Gasteiger partial charge is 0.508 e. The molecule has 0 atom stereocenters. The monoisotopic (exact) mass is 503 g/mol. The van der Waals surface area contributed by atoms with Gasteiger partial charge in [0.1, 0.15) is 10.1 Å². The van der Waals surface area contributed by atoms with Gasteiger partial charge in [0.2, 0.25) is 5.91 Å². The number of carbonyl (C=O) groups excluding carboxylic acids is 3. The van der Waals surface area contributed by atoms with E-state index in [-0.39, 0.29) is 29.5 Å². The molecule has 0 spiro atoms. The van der Waals surface area contributed by atoms with Gasteiger partial charge < -0.3 is 5.11 Å². The fraction of sp³-hybridized carbons (Fsp3) is 0.217. The van der Waals surface area contributed by atoms with E-state index in [1.807, 2.05) is 12.1 Å². The molecule has 0 radical (unpaired) electrons. The summed E-state index contributed by atoms with van der Waals surface area (Å²) < 4.78 is 0.521. The van der Waals surface area contributed by atoms with Crippen molar-refractivity contribution in [1.29, 1.82) is 0 Å². The summed E-state index contributed by atoms with van der Waals surface area (Å²) in [7, 11) is 0. The number of nitrogens with one attached hydrogen (secondary N) is 2. The Kier molecular flexibility index (Phi) is 8.87. The zero-order valence-corrected chi connectivity index (χ0v) is 19.9. The molecule has 0 aliphatic carbocycles. The Morgan fingerprint density at radius 2 is 1.85 bits per heavy atom. The van der Waals surface area contributed by atoms with Crippen molar-refractivity contribution in [1.82, 2.24) is 15.8 Å². The summed E-state index contributed by atoms with van der Waals surface area (Å²) >= 11 is 12.5. The van der Waals surface area contributed by atoms with Crippen LogP contribution in [-0.4, -0.2) is 38.6 Å². The number of carbonyl (C=O) groups is 3. The first kappa shape index (κ1) is 24.8. The predicted molar refractivity (Wildman–Crippen MR) is 134 cm³/mol. The van der Waals surface area contributed by atoms with Gasteiger partial charge >= 0.3 is 0 Å². The van der Waals surface area contributed by atoms with E-state index in [1.165, 1.54) is 36.0 Å².